The van der Waals surface area contributed by atoms with Gasteiger partial charge in [-0.3, -0.25) is 14.0 Å². The van der Waals surface area contributed by atoms with Crippen LogP contribution in [0.3, 0.4) is 0 Å². The third-order valence-corrected chi connectivity index (χ3v) is 10.3. The second-order valence-corrected chi connectivity index (χ2v) is 14.5. The minimum absolute atomic E-state index is 0.00226. The number of hydrogen-bond donors (Lipinski definition) is 1. The lowest BCUT2D eigenvalue weighted by atomic mass is 9.81. The third kappa shape index (κ3) is 6.92. The molecular formula is C30H38N2O4S2. The van der Waals surface area contributed by atoms with Crippen molar-refractivity contribution in [1.82, 2.24) is 4.98 Å². The Labute approximate surface area is 232 Å². The van der Waals surface area contributed by atoms with Gasteiger partial charge in [0.15, 0.2) is 0 Å². The van der Waals surface area contributed by atoms with Crippen LogP contribution in [0.4, 0.5) is 5.69 Å². The summed E-state index contributed by atoms with van der Waals surface area (Å²) in [6.07, 6.45) is 9.81. The molecule has 38 heavy (non-hydrogen) atoms. The highest BCUT2D eigenvalue weighted by Crippen LogP contribution is 2.39. The van der Waals surface area contributed by atoms with Gasteiger partial charge in [0, 0.05) is 35.0 Å². The second-order valence-electron chi connectivity index (χ2n) is 11.7. The predicted octanol–water partition coefficient (Wildman–Crippen LogP) is 6.52. The number of thiophene rings is 1. The van der Waals surface area contributed by atoms with Crippen molar-refractivity contribution < 1.29 is 18.9 Å². The molecule has 2 heterocycles. The van der Waals surface area contributed by atoms with Crippen LogP contribution in [-0.2, 0) is 15.6 Å². The molecule has 0 aromatic carbocycles. The maximum Gasteiger partial charge on any atom is 0.348 e. The van der Waals surface area contributed by atoms with E-state index in [1.54, 1.807) is 29.4 Å². The molecule has 4 rings (SSSR count). The first-order valence-electron chi connectivity index (χ1n) is 13.6. The van der Waals surface area contributed by atoms with Crippen molar-refractivity contribution in [2.45, 2.75) is 95.2 Å². The van der Waals surface area contributed by atoms with E-state index in [2.05, 4.69) is 23.7 Å². The van der Waals surface area contributed by atoms with Crippen LogP contribution >= 0.6 is 11.3 Å². The summed E-state index contributed by atoms with van der Waals surface area (Å²) in [4.78, 5) is 33.9. The van der Waals surface area contributed by atoms with Gasteiger partial charge >= 0.3 is 5.97 Å². The number of amides is 1. The Kier molecular flexibility index (Phi) is 9.10. The van der Waals surface area contributed by atoms with Gasteiger partial charge in [0.05, 0.1) is 26.3 Å². The van der Waals surface area contributed by atoms with Crippen LogP contribution < -0.4 is 4.90 Å². The van der Waals surface area contributed by atoms with E-state index in [9.17, 15) is 18.9 Å². The average molecular weight is 555 g/mol. The molecule has 8 heteroatoms. The SMILES string of the molecule is CC1CCC(C(=O)N(c2cc(C#CC(C)(C)C)sc2C(=O)O)C2CCC(S(=O)c3cccnc3)CC2)CC1. The third-order valence-electron chi connectivity index (χ3n) is 7.51. The lowest BCUT2D eigenvalue weighted by molar-refractivity contribution is -0.124. The van der Waals surface area contributed by atoms with Gasteiger partial charge < -0.3 is 10.0 Å². The highest BCUT2D eigenvalue weighted by Gasteiger charge is 2.38. The Balaban J connectivity index is 1.63. The van der Waals surface area contributed by atoms with Gasteiger partial charge in [-0.15, -0.1) is 11.3 Å². The number of rotatable bonds is 6. The summed E-state index contributed by atoms with van der Waals surface area (Å²) in [6.45, 7) is 8.27. The zero-order valence-corrected chi connectivity index (χ0v) is 24.4. The molecule has 0 radical (unpaired) electrons. The van der Waals surface area contributed by atoms with Crippen LogP contribution in [0.25, 0.3) is 0 Å². The van der Waals surface area contributed by atoms with Gasteiger partial charge in [-0.05, 0) is 96.3 Å². The fourth-order valence-corrected chi connectivity index (χ4v) is 7.70. The lowest BCUT2D eigenvalue weighted by Crippen LogP contribution is -2.47. The van der Waals surface area contributed by atoms with E-state index in [1.165, 1.54) is 0 Å². The summed E-state index contributed by atoms with van der Waals surface area (Å²) in [5.74, 6) is 5.85. The van der Waals surface area contributed by atoms with Gasteiger partial charge in [-0.1, -0.05) is 18.8 Å². The van der Waals surface area contributed by atoms with E-state index in [0.717, 1.165) is 41.9 Å². The van der Waals surface area contributed by atoms with Crippen LogP contribution in [0.1, 0.15) is 93.6 Å². The van der Waals surface area contributed by atoms with E-state index in [1.807, 2.05) is 26.8 Å². The molecule has 0 spiro atoms. The zero-order valence-electron chi connectivity index (χ0n) is 22.7. The molecule has 1 unspecified atom stereocenters. The number of carbonyl (C=O) groups is 2. The van der Waals surface area contributed by atoms with Gasteiger partial charge in [0.25, 0.3) is 0 Å². The number of carboxylic acids is 1. The highest BCUT2D eigenvalue weighted by atomic mass is 32.2. The van der Waals surface area contributed by atoms with Crippen molar-refractivity contribution in [3.63, 3.8) is 0 Å². The van der Waals surface area contributed by atoms with E-state index >= 15 is 0 Å². The fraction of sp³-hybridized carbons (Fsp3) is 0.567. The molecule has 204 valence electrons. The molecule has 0 aliphatic heterocycles. The maximum absolute atomic E-state index is 14.1. The molecule has 1 N–H and O–H groups in total. The normalized spacial score (nSPS) is 24.6. The van der Waals surface area contributed by atoms with Gasteiger partial charge in [0.1, 0.15) is 4.88 Å². The molecule has 2 fully saturated rings. The Morgan fingerprint density at radius 2 is 1.79 bits per heavy atom. The Morgan fingerprint density at radius 3 is 2.37 bits per heavy atom. The van der Waals surface area contributed by atoms with Gasteiger partial charge in [-0.2, -0.15) is 0 Å². The molecule has 2 aliphatic carbocycles. The zero-order chi connectivity index (χ0) is 27.4. The number of nitrogens with zero attached hydrogens (tertiary/aromatic N) is 2. The van der Waals surface area contributed by atoms with Crippen molar-refractivity contribution in [1.29, 1.82) is 0 Å². The topological polar surface area (TPSA) is 87.6 Å². The van der Waals surface area contributed by atoms with Gasteiger partial charge in [0.2, 0.25) is 5.91 Å². The van der Waals surface area contributed by atoms with Crippen LogP contribution in [-0.4, -0.2) is 37.5 Å². The van der Waals surface area contributed by atoms with Crippen molar-refractivity contribution in [2.75, 3.05) is 4.90 Å². The molecule has 0 saturated heterocycles. The van der Waals surface area contributed by atoms with Gasteiger partial charge in [-0.25, -0.2) is 4.79 Å². The van der Waals surface area contributed by atoms with Crippen molar-refractivity contribution >= 4 is 39.7 Å². The summed E-state index contributed by atoms with van der Waals surface area (Å²) in [7, 11) is -1.16. The summed E-state index contributed by atoms with van der Waals surface area (Å²) < 4.78 is 13.2. The Morgan fingerprint density at radius 1 is 1.11 bits per heavy atom. The molecule has 1 amide bonds. The number of carbonyl (C=O) groups excluding carboxylic acids is 1. The Bertz CT molecular complexity index is 1220. The maximum atomic E-state index is 14.1. The van der Waals surface area contributed by atoms with Crippen LogP contribution in [0.2, 0.25) is 0 Å². The number of aromatic nitrogens is 1. The molecule has 2 saturated carbocycles. The van der Waals surface area contributed by atoms with E-state index in [4.69, 9.17) is 0 Å². The first kappa shape index (κ1) is 28.5. The monoisotopic (exact) mass is 554 g/mol. The molecule has 6 nitrogen and oxygen atoms in total. The van der Waals surface area contributed by atoms with Crippen molar-refractivity contribution in [3.8, 4) is 11.8 Å². The van der Waals surface area contributed by atoms with Crippen LogP contribution in [0, 0.1) is 29.1 Å². The largest absolute Gasteiger partial charge is 0.477 e. The molecule has 2 aromatic rings. The van der Waals surface area contributed by atoms with E-state index in [-0.39, 0.29) is 33.4 Å². The summed E-state index contributed by atoms with van der Waals surface area (Å²) >= 11 is 1.15. The minimum Gasteiger partial charge on any atom is -0.477 e. The lowest BCUT2D eigenvalue weighted by Gasteiger charge is -2.39. The molecule has 2 aromatic heterocycles. The summed E-state index contributed by atoms with van der Waals surface area (Å²) in [6, 6.07) is 5.32. The molecule has 0 bridgehead atoms. The number of pyridine rings is 1. The number of aromatic carboxylic acids is 1. The standard InChI is InChI=1S/C30H38N2O4S2/c1-20-7-9-21(10-8-20)28(33)32(26-18-23(15-16-30(2,3)4)37-27(26)29(34)35)22-11-13-24(14-12-22)38(36)25-6-5-17-31-19-25/h5-6,17-22,24H,7-14H2,1-4H3,(H,34,35). The number of hydrogen-bond acceptors (Lipinski definition) is 5. The molecule has 2 aliphatic rings. The molecular weight excluding hydrogens is 516 g/mol. The van der Waals surface area contributed by atoms with Crippen LogP contribution in [0.5, 0.6) is 0 Å². The van der Waals surface area contributed by atoms with E-state index < -0.39 is 16.8 Å². The van der Waals surface area contributed by atoms with E-state index in [0.29, 0.717) is 42.2 Å². The first-order valence-corrected chi connectivity index (χ1v) is 15.6. The number of carboxylic acid groups (broad SMARTS) is 1. The number of anilines is 1. The first-order chi connectivity index (χ1) is 18.0. The highest BCUT2D eigenvalue weighted by molar-refractivity contribution is 7.85. The summed E-state index contributed by atoms with van der Waals surface area (Å²) in [5, 5.41) is 10.1. The minimum atomic E-state index is -1.16. The van der Waals surface area contributed by atoms with Crippen molar-refractivity contribution in [3.05, 3.63) is 40.3 Å². The Hall–Kier alpha value is -2.50. The second kappa shape index (κ2) is 12.1. The average Bonchev–Trinajstić information content (AvgIpc) is 3.32. The summed E-state index contributed by atoms with van der Waals surface area (Å²) in [5.41, 5.74) is 0.255. The quantitative estimate of drug-likeness (QED) is 0.411. The van der Waals surface area contributed by atoms with Crippen LogP contribution in [0.15, 0.2) is 35.5 Å². The van der Waals surface area contributed by atoms with Crippen molar-refractivity contribution in [2.24, 2.45) is 17.3 Å². The smallest absolute Gasteiger partial charge is 0.348 e. The molecule has 1 atom stereocenters. The predicted molar refractivity (Wildman–Crippen MR) is 153 cm³/mol. The fourth-order valence-electron chi connectivity index (χ4n) is 5.40.